The average Bonchev–Trinajstić information content (AvgIpc) is 3.46. The highest BCUT2D eigenvalue weighted by Crippen LogP contribution is 2.33. The van der Waals surface area contributed by atoms with Crippen LogP contribution in [0.4, 0.5) is 23.4 Å². The standard InChI is InChI=1S/C24H22F4N4O5/c1-35-8-9-36-19-7-3-6-17(22(19)25)32-18(14-4-2-5-16(10-14)37-24(26,27)28)12-20(31-32)30-23(34)15-11-21(33)29-13-15/h2-7,10,12,15H,8-9,11,13H2,1H3,(H,29,33)(H,30,31,34)/t15-/m0/s1. The molecule has 2 aromatic carbocycles. The van der Waals surface area contributed by atoms with Crippen LogP contribution in [-0.4, -0.2) is 54.8 Å². The number of hydrogen-bond acceptors (Lipinski definition) is 6. The van der Waals surface area contributed by atoms with Crippen LogP contribution in [0.2, 0.25) is 0 Å². The van der Waals surface area contributed by atoms with E-state index in [4.69, 9.17) is 9.47 Å². The number of amides is 2. The summed E-state index contributed by atoms with van der Waals surface area (Å²) in [5.41, 5.74) is 0.291. The second-order valence-corrected chi connectivity index (χ2v) is 8.03. The molecule has 0 bridgehead atoms. The first-order valence-electron chi connectivity index (χ1n) is 11.1. The third-order valence-electron chi connectivity index (χ3n) is 5.39. The van der Waals surface area contributed by atoms with Crippen LogP contribution < -0.4 is 20.1 Å². The van der Waals surface area contributed by atoms with Crippen LogP contribution in [-0.2, 0) is 14.3 Å². The zero-order valence-electron chi connectivity index (χ0n) is 19.5. The number of anilines is 1. The van der Waals surface area contributed by atoms with Gasteiger partial charge in [-0.1, -0.05) is 18.2 Å². The minimum Gasteiger partial charge on any atom is -0.488 e. The maximum Gasteiger partial charge on any atom is 0.573 e. The molecular weight excluding hydrogens is 500 g/mol. The Kier molecular flexibility index (Phi) is 7.62. The highest BCUT2D eigenvalue weighted by atomic mass is 19.4. The Labute approximate surface area is 208 Å². The predicted molar refractivity (Wildman–Crippen MR) is 123 cm³/mol. The van der Waals surface area contributed by atoms with Crippen LogP contribution in [0.15, 0.2) is 48.5 Å². The van der Waals surface area contributed by atoms with Gasteiger partial charge < -0.3 is 24.8 Å². The van der Waals surface area contributed by atoms with Crippen LogP contribution in [0.1, 0.15) is 6.42 Å². The maximum absolute atomic E-state index is 15.4. The number of rotatable bonds is 9. The van der Waals surface area contributed by atoms with E-state index in [1.54, 1.807) is 0 Å². The molecule has 196 valence electrons. The van der Waals surface area contributed by atoms with E-state index in [1.165, 1.54) is 43.5 Å². The van der Waals surface area contributed by atoms with Gasteiger partial charge in [-0.3, -0.25) is 9.59 Å². The summed E-state index contributed by atoms with van der Waals surface area (Å²) in [6.45, 7) is 0.455. The van der Waals surface area contributed by atoms with Crippen molar-refractivity contribution in [3.05, 3.63) is 54.3 Å². The smallest absolute Gasteiger partial charge is 0.488 e. The molecule has 0 spiro atoms. The quantitative estimate of drug-likeness (QED) is 0.328. The summed E-state index contributed by atoms with van der Waals surface area (Å²) in [5, 5.41) is 9.44. The number of halogens is 4. The summed E-state index contributed by atoms with van der Waals surface area (Å²) in [4.78, 5) is 24.1. The molecule has 1 aromatic heterocycles. The summed E-state index contributed by atoms with van der Waals surface area (Å²) in [5.74, 6) is -2.73. The monoisotopic (exact) mass is 522 g/mol. The molecule has 2 heterocycles. The minimum absolute atomic E-state index is 0.00567. The van der Waals surface area contributed by atoms with Crippen molar-refractivity contribution in [2.75, 3.05) is 32.2 Å². The van der Waals surface area contributed by atoms with Crippen molar-refractivity contribution in [3.8, 4) is 28.4 Å². The maximum atomic E-state index is 15.4. The summed E-state index contributed by atoms with van der Waals surface area (Å²) >= 11 is 0. The summed E-state index contributed by atoms with van der Waals surface area (Å²) in [6, 6.07) is 10.8. The Morgan fingerprint density at radius 2 is 1.97 bits per heavy atom. The Morgan fingerprint density at radius 1 is 1.19 bits per heavy atom. The SMILES string of the molecule is COCCOc1cccc(-n2nc(NC(=O)[C@@H]3CNC(=O)C3)cc2-c2cccc(OC(F)(F)F)c2)c1F. The van der Waals surface area contributed by atoms with Crippen molar-refractivity contribution in [1.29, 1.82) is 0 Å². The van der Waals surface area contributed by atoms with Gasteiger partial charge >= 0.3 is 6.36 Å². The Morgan fingerprint density at radius 3 is 2.68 bits per heavy atom. The van der Waals surface area contributed by atoms with Gasteiger partial charge in [0.2, 0.25) is 11.8 Å². The Hall–Kier alpha value is -4.13. The lowest BCUT2D eigenvalue weighted by atomic mass is 10.1. The molecule has 2 N–H and O–H groups in total. The molecule has 1 atom stereocenters. The highest BCUT2D eigenvalue weighted by Gasteiger charge is 2.32. The Bertz CT molecular complexity index is 1290. The number of nitrogens with one attached hydrogen (secondary N) is 2. The normalized spacial score (nSPS) is 15.4. The number of methoxy groups -OCH3 is 1. The molecule has 9 nitrogen and oxygen atoms in total. The van der Waals surface area contributed by atoms with Crippen molar-refractivity contribution in [1.82, 2.24) is 15.1 Å². The molecule has 1 saturated heterocycles. The van der Waals surface area contributed by atoms with E-state index in [-0.39, 0.29) is 60.6 Å². The fourth-order valence-electron chi connectivity index (χ4n) is 3.71. The summed E-state index contributed by atoms with van der Waals surface area (Å²) < 4.78 is 69.2. The van der Waals surface area contributed by atoms with Crippen molar-refractivity contribution >= 4 is 17.6 Å². The van der Waals surface area contributed by atoms with Gasteiger partial charge in [-0.25, -0.2) is 9.07 Å². The molecule has 1 fully saturated rings. The Balaban J connectivity index is 1.73. The van der Waals surface area contributed by atoms with E-state index in [1.807, 2.05) is 0 Å². The summed E-state index contributed by atoms with van der Waals surface area (Å²) in [7, 11) is 1.47. The third-order valence-corrected chi connectivity index (χ3v) is 5.39. The lowest BCUT2D eigenvalue weighted by molar-refractivity contribution is -0.274. The topological polar surface area (TPSA) is 104 Å². The molecule has 13 heteroatoms. The van der Waals surface area contributed by atoms with Crippen LogP contribution in [0.3, 0.4) is 0 Å². The van der Waals surface area contributed by atoms with E-state index in [0.717, 1.165) is 16.8 Å². The largest absolute Gasteiger partial charge is 0.573 e. The lowest BCUT2D eigenvalue weighted by Crippen LogP contribution is -2.24. The minimum atomic E-state index is -4.91. The second-order valence-electron chi connectivity index (χ2n) is 8.03. The highest BCUT2D eigenvalue weighted by molar-refractivity contribution is 5.97. The van der Waals surface area contributed by atoms with E-state index in [9.17, 15) is 22.8 Å². The first-order chi connectivity index (χ1) is 17.6. The van der Waals surface area contributed by atoms with Gasteiger partial charge in [0.15, 0.2) is 17.4 Å². The zero-order chi connectivity index (χ0) is 26.6. The van der Waals surface area contributed by atoms with Crippen LogP contribution in [0, 0.1) is 11.7 Å². The van der Waals surface area contributed by atoms with Crippen molar-refractivity contribution in [3.63, 3.8) is 0 Å². The van der Waals surface area contributed by atoms with Gasteiger partial charge in [-0.2, -0.15) is 0 Å². The number of carbonyl (C=O) groups excluding carboxylic acids is 2. The number of carbonyl (C=O) groups is 2. The molecule has 1 aliphatic rings. The molecule has 4 rings (SSSR count). The first kappa shape index (κ1) is 25.9. The van der Waals surface area contributed by atoms with Gasteiger partial charge in [0.05, 0.1) is 18.2 Å². The van der Waals surface area contributed by atoms with Gasteiger partial charge in [-0.15, -0.1) is 18.3 Å². The lowest BCUT2D eigenvalue weighted by Gasteiger charge is -2.13. The van der Waals surface area contributed by atoms with Crippen LogP contribution in [0.5, 0.6) is 11.5 Å². The van der Waals surface area contributed by atoms with Crippen molar-refractivity contribution in [2.24, 2.45) is 5.92 Å². The van der Waals surface area contributed by atoms with E-state index < -0.39 is 29.8 Å². The van der Waals surface area contributed by atoms with Crippen molar-refractivity contribution in [2.45, 2.75) is 12.8 Å². The first-order valence-corrected chi connectivity index (χ1v) is 11.1. The molecular formula is C24H22F4N4O5. The molecule has 0 radical (unpaired) electrons. The predicted octanol–water partition coefficient (Wildman–Crippen LogP) is 3.68. The molecule has 2 amide bonds. The van der Waals surface area contributed by atoms with Crippen LogP contribution >= 0.6 is 0 Å². The number of nitrogens with zero attached hydrogens (tertiary/aromatic N) is 2. The molecule has 37 heavy (non-hydrogen) atoms. The number of hydrogen-bond donors (Lipinski definition) is 2. The third kappa shape index (κ3) is 6.36. The number of alkyl halides is 3. The zero-order valence-corrected chi connectivity index (χ0v) is 19.5. The molecule has 0 aliphatic carbocycles. The van der Waals surface area contributed by atoms with Crippen LogP contribution in [0.25, 0.3) is 16.9 Å². The van der Waals surface area contributed by atoms with Gasteiger partial charge in [0.1, 0.15) is 18.0 Å². The molecule has 1 aliphatic heterocycles. The number of benzene rings is 2. The average molecular weight is 522 g/mol. The molecule has 3 aromatic rings. The fraction of sp³-hybridized carbons (Fsp3) is 0.292. The summed E-state index contributed by atoms with van der Waals surface area (Å²) in [6.07, 6.45) is -4.91. The molecule has 0 unspecified atom stereocenters. The van der Waals surface area contributed by atoms with E-state index in [2.05, 4.69) is 20.5 Å². The van der Waals surface area contributed by atoms with Gasteiger partial charge in [0.25, 0.3) is 0 Å². The van der Waals surface area contributed by atoms with E-state index in [0.29, 0.717) is 0 Å². The number of aromatic nitrogens is 2. The van der Waals surface area contributed by atoms with Gasteiger partial charge in [-0.05, 0) is 24.3 Å². The molecule has 0 saturated carbocycles. The second kappa shape index (κ2) is 10.9. The number of ether oxygens (including phenoxy) is 3. The van der Waals surface area contributed by atoms with Crippen molar-refractivity contribution < 1.29 is 41.4 Å². The van der Waals surface area contributed by atoms with Gasteiger partial charge in [0, 0.05) is 31.7 Å². The fourth-order valence-corrected chi connectivity index (χ4v) is 3.71. The van der Waals surface area contributed by atoms with E-state index >= 15 is 4.39 Å².